The minimum Gasteiger partial charge on any atom is -0.171 e. The van der Waals surface area contributed by atoms with Crippen LogP contribution in [-0.4, -0.2) is 16.1 Å². The highest BCUT2D eigenvalue weighted by Crippen LogP contribution is 2.33. The van der Waals surface area contributed by atoms with E-state index in [9.17, 15) is 0 Å². The van der Waals surface area contributed by atoms with Gasteiger partial charge in [-0.2, -0.15) is 20.7 Å². The summed E-state index contributed by atoms with van der Waals surface area (Å²) in [6, 6.07) is 82.2. The van der Waals surface area contributed by atoms with Crippen molar-refractivity contribution in [1.29, 1.82) is 0 Å². The maximum Gasteiger partial charge on any atom is 0.179 e. The molecule has 51 heavy (non-hydrogen) atoms. The van der Waals surface area contributed by atoms with Gasteiger partial charge in [-0.1, -0.05) is 206 Å². The summed E-state index contributed by atoms with van der Waals surface area (Å²) in [7, 11) is -5.35. The molecule has 0 nitrogen and oxygen atoms in total. The molecule has 0 N–H and O–H groups in total. The predicted octanol–water partition coefficient (Wildman–Crippen LogP) is 6.81. The third kappa shape index (κ3) is 5.16. The molecule has 0 atom stereocenters. The largest absolute Gasteiger partial charge is 0.179 e. The molecule has 0 aliphatic heterocycles. The quantitative estimate of drug-likeness (QED) is 0.121. The molecule has 0 bridgehead atoms. The first-order valence-electron chi connectivity index (χ1n) is 17.6. The van der Waals surface area contributed by atoms with Crippen molar-refractivity contribution in [3.05, 3.63) is 218 Å². The van der Waals surface area contributed by atoms with Crippen LogP contribution in [0.3, 0.4) is 0 Å². The first kappa shape index (κ1) is 31.4. The van der Waals surface area contributed by atoms with E-state index in [1.807, 2.05) is 11.3 Å². The maximum absolute atomic E-state index is 2.67. The van der Waals surface area contributed by atoms with Gasteiger partial charge in [0.2, 0.25) is 0 Å². The molecular weight excluding hydrogens is 665 g/mol. The van der Waals surface area contributed by atoms with E-state index in [1.165, 1.54) is 61.7 Å². The van der Waals surface area contributed by atoms with E-state index in [1.54, 1.807) is 0 Å². The van der Waals surface area contributed by atoms with Gasteiger partial charge in [-0.05, 0) is 46.3 Å². The molecule has 243 valence electrons. The summed E-state index contributed by atoms with van der Waals surface area (Å²) < 4.78 is 2.66. The van der Waals surface area contributed by atoms with E-state index >= 15 is 0 Å². The van der Waals surface area contributed by atoms with Gasteiger partial charge in [0.05, 0.1) is 0 Å². The van der Waals surface area contributed by atoms with Gasteiger partial charge in [0.1, 0.15) is 0 Å². The number of benzene rings is 8. The summed E-state index contributed by atoms with van der Waals surface area (Å²) in [5.74, 6) is 0. The zero-order valence-electron chi connectivity index (χ0n) is 28.2. The Morgan fingerprint density at radius 2 is 0.647 bits per heavy atom. The average molecular weight is 701 g/mol. The Kier molecular flexibility index (Phi) is 8.17. The maximum atomic E-state index is 2.55. The number of thiophene rings is 1. The molecule has 0 spiro atoms. The third-order valence-corrected chi connectivity index (χ3v) is 21.3. The molecule has 1 heterocycles. The minimum absolute atomic E-state index is 1.33. The average Bonchev–Trinajstić information content (AvgIpc) is 3.59. The molecule has 9 aromatic rings. The van der Waals surface area contributed by atoms with Crippen LogP contribution in [0, 0.1) is 0 Å². The second-order valence-corrected chi connectivity index (χ2v) is 21.9. The van der Waals surface area contributed by atoms with E-state index < -0.39 is 16.1 Å². The van der Waals surface area contributed by atoms with Crippen LogP contribution in [0.15, 0.2) is 218 Å². The van der Waals surface area contributed by atoms with Gasteiger partial charge in [0.25, 0.3) is 0 Å². The van der Waals surface area contributed by atoms with Crippen molar-refractivity contribution in [3.8, 4) is 0 Å². The Bertz CT molecular complexity index is 2180. The number of hydrogen-bond acceptors (Lipinski definition) is 1. The Labute approximate surface area is 306 Å². The Hall–Kier alpha value is -5.59. The smallest absolute Gasteiger partial charge is 0.171 e. The van der Waals surface area contributed by atoms with E-state index in [0.717, 1.165) is 0 Å². The monoisotopic (exact) mass is 700 g/mol. The molecule has 9 rings (SSSR count). The van der Waals surface area contributed by atoms with Crippen molar-refractivity contribution < 1.29 is 0 Å². The lowest BCUT2D eigenvalue weighted by Gasteiger charge is -2.47. The van der Waals surface area contributed by atoms with Crippen LogP contribution < -0.4 is 41.5 Å². The standard InChI is InChI=1S/C48H36SSi2/c1-7-19-37(20-8-1)50(38-21-9-2-10-22-38,39-23-11-3-12-24-39)43-31-33-47-45(35-43)46-36-44(32-34-48(46)49-47)51(40-25-13-4-14-26-40,41-27-15-5-16-28-41)42-29-17-6-18-30-42/h1-36H/q-1. The molecule has 0 unspecified atom stereocenters. The van der Waals surface area contributed by atoms with Gasteiger partial charge >= 0.3 is 0 Å². The Balaban J connectivity index is 1.36. The van der Waals surface area contributed by atoms with Crippen molar-refractivity contribution in [2.45, 2.75) is 0 Å². The molecule has 0 fully saturated rings. The topological polar surface area (TPSA) is 0 Å². The van der Waals surface area contributed by atoms with Gasteiger partial charge in [0.15, 0.2) is 8.07 Å². The molecule has 0 aliphatic rings. The van der Waals surface area contributed by atoms with E-state index in [4.69, 9.17) is 0 Å². The summed E-state index contributed by atoms with van der Waals surface area (Å²) in [5.41, 5.74) is 0. The first-order chi connectivity index (χ1) is 25.3. The summed E-state index contributed by atoms with van der Waals surface area (Å²) in [5, 5.41) is 13.9. The van der Waals surface area contributed by atoms with E-state index in [2.05, 4.69) is 218 Å². The van der Waals surface area contributed by atoms with Crippen LogP contribution in [0.2, 0.25) is 0 Å². The zero-order chi connectivity index (χ0) is 34.1. The van der Waals surface area contributed by atoms with Crippen LogP contribution >= 0.6 is 11.3 Å². The second kappa shape index (κ2) is 13.3. The highest BCUT2D eigenvalue weighted by Gasteiger charge is 2.41. The van der Waals surface area contributed by atoms with Gasteiger partial charge in [-0.15, -0.1) is 11.3 Å². The molecule has 0 aliphatic carbocycles. The van der Waals surface area contributed by atoms with Crippen LogP contribution in [0.25, 0.3) is 20.2 Å². The predicted molar refractivity (Wildman–Crippen MR) is 227 cm³/mol. The summed E-state index contributed by atoms with van der Waals surface area (Å²) >= 11 is 1.91. The zero-order valence-corrected chi connectivity index (χ0v) is 31.0. The van der Waals surface area contributed by atoms with Crippen LogP contribution in [0.4, 0.5) is 0 Å². The van der Waals surface area contributed by atoms with Crippen LogP contribution in [-0.2, 0) is 0 Å². The molecule has 0 radical (unpaired) electrons. The lowest BCUT2D eigenvalue weighted by molar-refractivity contribution is 1.67. The molecular formula is C48H36SSi2-. The Morgan fingerprint density at radius 3 is 1.06 bits per heavy atom. The summed E-state index contributed by atoms with van der Waals surface area (Å²) in [6.45, 7) is 0. The van der Waals surface area contributed by atoms with Crippen molar-refractivity contribution in [3.63, 3.8) is 0 Å². The molecule has 3 heteroatoms. The Morgan fingerprint density at radius 1 is 0.294 bits per heavy atom. The van der Waals surface area contributed by atoms with Crippen molar-refractivity contribution in [2.24, 2.45) is 0 Å². The lowest BCUT2D eigenvalue weighted by Crippen LogP contribution is -2.74. The number of hydrogen-bond donors (Lipinski definition) is 0. The molecule has 0 saturated heterocycles. The lowest BCUT2D eigenvalue weighted by atomic mass is 10.1. The highest BCUT2D eigenvalue weighted by molar-refractivity contribution is 7.26. The van der Waals surface area contributed by atoms with Gasteiger partial charge in [-0.25, -0.2) is 0 Å². The SMILES string of the molecule is c1ccc([Si](c2ccccc2)(c2ccccc2)c2ccc3sc4ccc([Si-](c5ccccc5)(c5ccccc5)c5ccccc5)cc4c3c2)cc1. The summed E-state index contributed by atoms with van der Waals surface area (Å²) in [6.07, 6.45) is 0. The summed E-state index contributed by atoms with van der Waals surface area (Å²) in [4.78, 5) is 0. The molecule has 0 saturated carbocycles. The first-order valence-corrected chi connectivity index (χ1v) is 22.4. The molecule has 1 aromatic heterocycles. The normalized spacial score (nSPS) is 11.9. The van der Waals surface area contributed by atoms with Gasteiger partial charge < -0.3 is 0 Å². The fraction of sp³-hybridized carbons (Fsp3) is 0. The fourth-order valence-corrected chi connectivity index (χ4v) is 19.0. The molecule has 8 aromatic carbocycles. The van der Waals surface area contributed by atoms with Gasteiger partial charge in [-0.3, -0.25) is 0 Å². The fourth-order valence-electron chi connectivity index (χ4n) is 8.37. The molecule has 0 amide bonds. The van der Waals surface area contributed by atoms with Crippen LogP contribution in [0.5, 0.6) is 0 Å². The highest BCUT2D eigenvalue weighted by atomic mass is 32.1. The number of rotatable bonds is 8. The van der Waals surface area contributed by atoms with Gasteiger partial charge in [0, 0.05) is 14.8 Å². The number of fused-ring (bicyclic) bond motifs is 3. The van der Waals surface area contributed by atoms with E-state index in [0.29, 0.717) is 0 Å². The van der Waals surface area contributed by atoms with Crippen LogP contribution in [0.1, 0.15) is 0 Å². The van der Waals surface area contributed by atoms with E-state index in [-0.39, 0.29) is 0 Å². The van der Waals surface area contributed by atoms with Crippen molar-refractivity contribution >= 4 is 89.2 Å². The third-order valence-electron chi connectivity index (χ3n) is 10.6. The van der Waals surface area contributed by atoms with Crippen molar-refractivity contribution in [1.82, 2.24) is 0 Å². The minimum atomic E-state index is -2.67. The van der Waals surface area contributed by atoms with Crippen molar-refractivity contribution in [2.75, 3.05) is 0 Å². The second-order valence-electron chi connectivity index (χ2n) is 13.2.